The van der Waals surface area contributed by atoms with E-state index in [0.717, 1.165) is 0 Å². The molecule has 3 amide bonds. The number of aliphatic hydroxyl groups is 1. The fraction of sp³-hybridized carbons (Fsp3) is 0.333. The van der Waals surface area contributed by atoms with Crippen molar-refractivity contribution in [2.24, 2.45) is 0 Å². The maximum absolute atomic E-state index is 11.9. The number of aliphatic hydroxyl groups excluding tert-OH is 1. The van der Waals surface area contributed by atoms with Gasteiger partial charge in [0.15, 0.2) is 0 Å². The highest BCUT2D eigenvalue weighted by atomic mass is 16.2. The third kappa shape index (κ3) is 5.97. The van der Waals surface area contributed by atoms with Gasteiger partial charge in [-0.25, -0.2) is 4.79 Å². The molecule has 0 fully saturated rings. The average Bonchev–Trinajstić information content (AvgIpc) is 2.49. The fourth-order valence-electron chi connectivity index (χ4n) is 1.49. The van der Waals surface area contributed by atoms with Crippen LogP contribution in [0.5, 0.6) is 0 Å². The number of rotatable bonds is 4. The Morgan fingerprint density at radius 2 is 1.95 bits per heavy atom. The van der Waals surface area contributed by atoms with Gasteiger partial charge in [-0.05, 0) is 18.2 Å². The first-order valence-electron chi connectivity index (χ1n) is 6.47. The largest absolute Gasteiger partial charge is 0.384 e. The molecular weight excluding hydrogens is 270 g/mol. The fourth-order valence-corrected chi connectivity index (χ4v) is 1.49. The molecule has 112 valence electrons. The molecule has 3 N–H and O–H groups in total. The highest BCUT2D eigenvalue weighted by molar-refractivity contribution is 5.94. The van der Waals surface area contributed by atoms with Crippen LogP contribution in [0.3, 0.4) is 0 Å². The highest BCUT2D eigenvalue weighted by Crippen LogP contribution is 2.03. The maximum atomic E-state index is 11.9. The molecule has 0 unspecified atom stereocenters. The van der Waals surface area contributed by atoms with Gasteiger partial charge < -0.3 is 20.6 Å². The minimum atomic E-state index is -0.234. The molecule has 6 heteroatoms. The second-order valence-corrected chi connectivity index (χ2v) is 4.42. The van der Waals surface area contributed by atoms with Crippen molar-refractivity contribution in [3.8, 4) is 11.8 Å². The van der Waals surface area contributed by atoms with Gasteiger partial charge in [0.25, 0.3) is 5.91 Å². The molecule has 0 bridgehead atoms. The third-order valence-corrected chi connectivity index (χ3v) is 2.53. The number of urea groups is 1. The molecule has 21 heavy (non-hydrogen) atoms. The lowest BCUT2D eigenvalue weighted by atomic mass is 10.1. The van der Waals surface area contributed by atoms with E-state index < -0.39 is 0 Å². The van der Waals surface area contributed by atoms with E-state index in [9.17, 15) is 9.59 Å². The molecule has 0 aliphatic rings. The topological polar surface area (TPSA) is 81.7 Å². The molecular formula is C15H19N3O3. The maximum Gasteiger partial charge on any atom is 0.316 e. The Kier molecular flexibility index (Phi) is 6.78. The van der Waals surface area contributed by atoms with E-state index in [-0.39, 0.29) is 18.5 Å². The quantitative estimate of drug-likeness (QED) is 0.540. The molecule has 6 nitrogen and oxygen atoms in total. The van der Waals surface area contributed by atoms with Crippen LogP contribution in [0.1, 0.15) is 15.9 Å². The molecule has 1 rings (SSSR count). The summed E-state index contributed by atoms with van der Waals surface area (Å²) < 4.78 is 0. The Hall–Kier alpha value is -2.52. The Morgan fingerprint density at radius 3 is 2.62 bits per heavy atom. The second-order valence-electron chi connectivity index (χ2n) is 4.42. The van der Waals surface area contributed by atoms with Crippen molar-refractivity contribution in [1.29, 1.82) is 0 Å². The zero-order valence-corrected chi connectivity index (χ0v) is 12.1. The van der Waals surface area contributed by atoms with Crippen molar-refractivity contribution in [3.63, 3.8) is 0 Å². The first kappa shape index (κ1) is 16.5. The van der Waals surface area contributed by atoms with E-state index in [1.165, 1.54) is 4.90 Å². The van der Waals surface area contributed by atoms with Gasteiger partial charge in [0, 0.05) is 38.3 Å². The molecule has 1 aromatic carbocycles. The van der Waals surface area contributed by atoms with Crippen LogP contribution < -0.4 is 10.6 Å². The Morgan fingerprint density at radius 1 is 1.24 bits per heavy atom. The second kappa shape index (κ2) is 8.61. The van der Waals surface area contributed by atoms with Crippen LogP contribution in [-0.2, 0) is 0 Å². The van der Waals surface area contributed by atoms with Crippen molar-refractivity contribution < 1.29 is 14.7 Å². The Balaban J connectivity index is 2.47. The van der Waals surface area contributed by atoms with Gasteiger partial charge in [-0.3, -0.25) is 4.79 Å². The molecule has 0 aliphatic heterocycles. The zero-order valence-electron chi connectivity index (χ0n) is 12.1. The zero-order chi connectivity index (χ0) is 15.7. The lowest BCUT2D eigenvalue weighted by molar-refractivity contribution is 0.0953. The summed E-state index contributed by atoms with van der Waals surface area (Å²) >= 11 is 0. The van der Waals surface area contributed by atoms with E-state index in [0.29, 0.717) is 24.2 Å². The summed E-state index contributed by atoms with van der Waals surface area (Å²) in [6.45, 7) is 0.472. The SMILES string of the molecule is CN(C)C(=O)NCCNC(=O)c1cccc(C#CCO)c1. The molecule has 0 heterocycles. The van der Waals surface area contributed by atoms with Crippen molar-refractivity contribution in [3.05, 3.63) is 35.4 Å². The van der Waals surface area contributed by atoms with Crippen molar-refractivity contribution in [2.75, 3.05) is 33.8 Å². The number of amides is 3. The van der Waals surface area contributed by atoms with Crippen LogP contribution in [0.2, 0.25) is 0 Å². The van der Waals surface area contributed by atoms with Crippen molar-refractivity contribution >= 4 is 11.9 Å². The summed E-state index contributed by atoms with van der Waals surface area (Å²) in [5.41, 5.74) is 1.15. The van der Waals surface area contributed by atoms with Gasteiger partial charge in [-0.1, -0.05) is 17.9 Å². The highest BCUT2D eigenvalue weighted by Gasteiger charge is 2.06. The van der Waals surface area contributed by atoms with Gasteiger partial charge in [-0.2, -0.15) is 0 Å². The minimum absolute atomic E-state index is 0.203. The molecule has 0 radical (unpaired) electrons. The normalized spacial score (nSPS) is 9.29. The van der Waals surface area contributed by atoms with Crippen LogP contribution in [0.4, 0.5) is 4.79 Å². The standard InChI is InChI=1S/C15H19N3O3/c1-18(2)15(21)17-9-8-16-14(20)13-7-3-5-12(11-13)6-4-10-19/h3,5,7,11,19H,8-10H2,1-2H3,(H,16,20)(H,17,21). The lowest BCUT2D eigenvalue weighted by Gasteiger charge is -2.12. The number of benzene rings is 1. The predicted octanol–water partition coefficient (Wildman–Crippen LogP) is 0.0314. The van der Waals surface area contributed by atoms with Gasteiger partial charge in [0.1, 0.15) is 6.61 Å². The van der Waals surface area contributed by atoms with Crippen molar-refractivity contribution in [1.82, 2.24) is 15.5 Å². The van der Waals surface area contributed by atoms with Gasteiger partial charge >= 0.3 is 6.03 Å². The summed E-state index contributed by atoms with van der Waals surface area (Å²) in [6, 6.07) is 6.61. The monoisotopic (exact) mass is 289 g/mol. The van der Waals surface area contributed by atoms with Crippen LogP contribution in [0.25, 0.3) is 0 Å². The summed E-state index contributed by atoms with van der Waals surface area (Å²) in [4.78, 5) is 24.6. The first-order valence-corrected chi connectivity index (χ1v) is 6.47. The lowest BCUT2D eigenvalue weighted by Crippen LogP contribution is -2.39. The van der Waals surface area contributed by atoms with Crippen LogP contribution in [-0.4, -0.2) is 55.7 Å². The molecule has 0 saturated heterocycles. The molecule has 0 aromatic heterocycles. The summed E-state index contributed by atoms with van der Waals surface area (Å²) in [5.74, 6) is 5.03. The average molecular weight is 289 g/mol. The van der Waals surface area contributed by atoms with Crippen LogP contribution in [0, 0.1) is 11.8 Å². The minimum Gasteiger partial charge on any atom is -0.384 e. The van der Waals surface area contributed by atoms with Gasteiger partial charge in [0.05, 0.1) is 0 Å². The number of nitrogens with one attached hydrogen (secondary N) is 2. The molecule has 1 aromatic rings. The summed E-state index contributed by atoms with van der Waals surface area (Å²) in [7, 11) is 3.29. The van der Waals surface area contributed by atoms with E-state index in [1.54, 1.807) is 38.4 Å². The van der Waals surface area contributed by atoms with E-state index in [1.807, 2.05) is 0 Å². The Labute approximate surface area is 124 Å². The molecule has 0 atom stereocenters. The number of carbonyl (C=O) groups excluding carboxylic acids is 2. The number of carbonyl (C=O) groups is 2. The van der Waals surface area contributed by atoms with Crippen LogP contribution in [0.15, 0.2) is 24.3 Å². The number of hydrogen-bond acceptors (Lipinski definition) is 3. The van der Waals surface area contributed by atoms with E-state index >= 15 is 0 Å². The molecule has 0 aliphatic carbocycles. The molecule has 0 spiro atoms. The van der Waals surface area contributed by atoms with Crippen molar-refractivity contribution in [2.45, 2.75) is 0 Å². The third-order valence-electron chi connectivity index (χ3n) is 2.53. The van der Waals surface area contributed by atoms with E-state index in [4.69, 9.17) is 5.11 Å². The number of hydrogen-bond donors (Lipinski definition) is 3. The molecule has 0 saturated carbocycles. The van der Waals surface area contributed by atoms with Crippen LogP contribution >= 0.6 is 0 Å². The van der Waals surface area contributed by atoms with E-state index in [2.05, 4.69) is 22.5 Å². The predicted molar refractivity (Wildman–Crippen MR) is 79.8 cm³/mol. The van der Waals surface area contributed by atoms with Gasteiger partial charge in [-0.15, -0.1) is 0 Å². The first-order chi connectivity index (χ1) is 10.0. The summed E-state index contributed by atoms with van der Waals surface area (Å²) in [6.07, 6.45) is 0. The van der Waals surface area contributed by atoms with Gasteiger partial charge in [0.2, 0.25) is 0 Å². The smallest absolute Gasteiger partial charge is 0.316 e. The Bertz CT molecular complexity index is 559. The number of nitrogens with zero attached hydrogens (tertiary/aromatic N) is 1. The summed E-state index contributed by atoms with van der Waals surface area (Å²) in [5, 5.41) is 14.0.